The quantitative estimate of drug-likeness (QED) is 0.561. The Hall–Kier alpha value is -3.02. The molecule has 0 saturated heterocycles. The van der Waals surface area contributed by atoms with E-state index < -0.39 is 17.8 Å². The van der Waals surface area contributed by atoms with Crippen molar-refractivity contribution in [3.63, 3.8) is 0 Å². The smallest absolute Gasteiger partial charge is 0.314 e. The molecule has 6 nitrogen and oxygen atoms in total. The molecule has 1 aliphatic rings. The second kappa shape index (κ2) is 7.91. The first-order valence-electron chi connectivity index (χ1n) is 8.33. The van der Waals surface area contributed by atoms with Gasteiger partial charge in [-0.05, 0) is 42.3 Å². The van der Waals surface area contributed by atoms with E-state index in [-0.39, 0.29) is 13.4 Å². The van der Waals surface area contributed by atoms with Gasteiger partial charge in [0.05, 0.1) is 25.6 Å². The number of esters is 1. The summed E-state index contributed by atoms with van der Waals surface area (Å²) in [4.78, 5) is 24.6. The van der Waals surface area contributed by atoms with Crippen LogP contribution in [0.15, 0.2) is 42.5 Å². The average Bonchev–Trinajstić information content (AvgIpc) is 3.14. The molecule has 0 fully saturated rings. The van der Waals surface area contributed by atoms with E-state index in [9.17, 15) is 9.59 Å². The Morgan fingerprint density at radius 1 is 1.12 bits per heavy atom. The van der Waals surface area contributed by atoms with Gasteiger partial charge in [0.2, 0.25) is 6.79 Å². The summed E-state index contributed by atoms with van der Waals surface area (Å²) in [6.45, 7) is 2.10. The number of benzene rings is 2. The number of aldehydes is 1. The van der Waals surface area contributed by atoms with E-state index in [1.54, 1.807) is 56.5 Å². The molecule has 2 atom stereocenters. The maximum absolute atomic E-state index is 12.7. The molecule has 1 aliphatic heterocycles. The van der Waals surface area contributed by atoms with Crippen LogP contribution in [0.2, 0.25) is 0 Å². The van der Waals surface area contributed by atoms with Gasteiger partial charge < -0.3 is 23.7 Å². The highest BCUT2D eigenvalue weighted by atomic mass is 16.7. The monoisotopic (exact) mass is 356 g/mol. The van der Waals surface area contributed by atoms with Crippen molar-refractivity contribution < 1.29 is 28.5 Å². The number of fused-ring (bicyclic) bond motifs is 1. The van der Waals surface area contributed by atoms with Gasteiger partial charge in [0.1, 0.15) is 12.0 Å². The first-order valence-corrected chi connectivity index (χ1v) is 8.33. The molecule has 1 heterocycles. The lowest BCUT2D eigenvalue weighted by molar-refractivity contribution is -0.146. The first-order chi connectivity index (χ1) is 12.7. The molecule has 0 aromatic heterocycles. The summed E-state index contributed by atoms with van der Waals surface area (Å²) >= 11 is 0. The van der Waals surface area contributed by atoms with Crippen LogP contribution in [0.5, 0.6) is 17.2 Å². The van der Waals surface area contributed by atoms with Crippen molar-refractivity contribution >= 4 is 12.3 Å². The second-order valence-corrected chi connectivity index (χ2v) is 5.78. The summed E-state index contributed by atoms with van der Waals surface area (Å²) in [7, 11) is 1.57. The van der Waals surface area contributed by atoms with Crippen molar-refractivity contribution in [3.05, 3.63) is 53.6 Å². The molecule has 6 heteroatoms. The number of hydrogen-bond acceptors (Lipinski definition) is 6. The van der Waals surface area contributed by atoms with E-state index in [0.29, 0.717) is 28.4 Å². The zero-order valence-corrected chi connectivity index (χ0v) is 14.6. The molecule has 26 heavy (non-hydrogen) atoms. The SMILES string of the molecule is CCOC(=O)C(c1ccc2c(c1)OCO2)C(C=O)c1ccc(OC)cc1. The maximum atomic E-state index is 12.7. The normalized spacial score (nSPS) is 14.4. The third-order valence-corrected chi connectivity index (χ3v) is 4.30. The Kier molecular flexibility index (Phi) is 5.41. The highest BCUT2D eigenvalue weighted by molar-refractivity contribution is 5.85. The average molecular weight is 356 g/mol. The minimum Gasteiger partial charge on any atom is -0.497 e. The Balaban J connectivity index is 2.00. The van der Waals surface area contributed by atoms with E-state index >= 15 is 0 Å². The lowest BCUT2D eigenvalue weighted by atomic mass is 9.82. The molecule has 0 N–H and O–H groups in total. The van der Waals surface area contributed by atoms with E-state index in [1.165, 1.54) is 0 Å². The van der Waals surface area contributed by atoms with Crippen LogP contribution in [-0.2, 0) is 14.3 Å². The fourth-order valence-electron chi connectivity index (χ4n) is 3.00. The number of ether oxygens (including phenoxy) is 4. The minimum atomic E-state index is -0.782. The molecule has 0 saturated carbocycles. The minimum absolute atomic E-state index is 0.137. The standard InChI is InChI=1S/C20H20O6/c1-3-24-20(22)19(14-6-9-17-18(10-14)26-12-25-17)16(11-21)13-4-7-15(23-2)8-5-13/h4-11,16,19H,3,12H2,1-2H3. The highest BCUT2D eigenvalue weighted by Crippen LogP contribution is 2.39. The van der Waals surface area contributed by atoms with Gasteiger partial charge in [-0.2, -0.15) is 0 Å². The summed E-state index contributed by atoms with van der Waals surface area (Å²) in [5.41, 5.74) is 1.34. The van der Waals surface area contributed by atoms with Gasteiger partial charge in [0.15, 0.2) is 11.5 Å². The Morgan fingerprint density at radius 2 is 1.81 bits per heavy atom. The molecule has 0 aliphatic carbocycles. The number of rotatable bonds is 7. The lowest BCUT2D eigenvalue weighted by Crippen LogP contribution is -2.24. The largest absolute Gasteiger partial charge is 0.497 e. The van der Waals surface area contributed by atoms with Crippen molar-refractivity contribution in [3.8, 4) is 17.2 Å². The van der Waals surface area contributed by atoms with E-state index in [4.69, 9.17) is 18.9 Å². The zero-order chi connectivity index (χ0) is 18.5. The van der Waals surface area contributed by atoms with Gasteiger partial charge in [-0.1, -0.05) is 18.2 Å². The summed E-state index contributed by atoms with van der Waals surface area (Å²) in [5, 5.41) is 0. The highest BCUT2D eigenvalue weighted by Gasteiger charge is 2.33. The predicted octanol–water partition coefficient (Wildman–Crippen LogP) is 3.05. The maximum Gasteiger partial charge on any atom is 0.314 e. The van der Waals surface area contributed by atoms with Crippen molar-refractivity contribution in [2.45, 2.75) is 18.8 Å². The molecule has 0 radical (unpaired) electrons. The Labute approximate surface area is 151 Å². The summed E-state index contributed by atoms with van der Waals surface area (Å²) in [6.07, 6.45) is 0.772. The number of methoxy groups -OCH3 is 1. The third kappa shape index (κ3) is 3.49. The van der Waals surface area contributed by atoms with Crippen LogP contribution in [0.4, 0.5) is 0 Å². The van der Waals surface area contributed by atoms with Crippen LogP contribution in [0.3, 0.4) is 0 Å². The molecule has 0 spiro atoms. The number of carbonyl (C=O) groups is 2. The van der Waals surface area contributed by atoms with E-state index in [0.717, 1.165) is 6.29 Å². The van der Waals surface area contributed by atoms with Crippen molar-refractivity contribution in [1.82, 2.24) is 0 Å². The third-order valence-electron chi connectivity index (χ3n) is 4.30. The Morgan fingerprint density at radius 3 is 2.46 bits per heavy atom. The number of carbonyl (C=O) groups excluding carboxylic acids is 2. The second-order valence-electron chi connectivity index (χ2n) is 5.78. The fraction of sp³-hybridized carbons (Fsp3) is 0.300. The fourth-order valence-corrected chi connectivity index (χ4v) is 3.00. The summed E-state index contributed by atoms with van der Waals surface area (Å²) in [6, 6.07) is 12.3. The van der Waals surface area contributed by atoms with Crippen LogP contribution >= 0.6 is 0 Å². The van der Waals surface area contributed by atoms with Gasteiger partial charge in [0.25, 0.3) is 0 Å². The molecule has 2 aromatic carbocycles. The van der Waals surface area contributed by atoms with Gasteiger partial charge in [-0.3, -0.25) is 4.79 Å². The molecule has 3 rings (SSSR count). The molecular weight excluding hydrogens is 336 g/mol. The van der Waals surface area contributed by atoms with Crippen LogP contribution in [0.25, 0.3) is 0 Å². The number of hydrogen-bond donors (Lipinski definition) is 0. The van der Waals surface area contributed by atoms with Crippen molar-refractivity contribution in [1.29, 1.82) is 0 Å². The van der Waals surface area contributed by atoms with Crippen molar-refractivity contribution in [2.75, 3.05) is 20.5 Å². The summed E-state index contributed by atoms with van der Waals surface area (Å²) < 4.78 is 21.1. The Bertz CT molecular complexity index is 783. The van der Waals surface area contributed by atoms with Crippen LogP contribution in [0.1, 0.15) is 29.9 Å². The molecule has 0 amide bonds. The topological polar surface area (TPSA) is 71.1 Å². The van der Waals surface area contributed by atoms with Crippen LogP contribution in [0, 0.1) is 0 Å². The molecular formula is C20H20O6. The van der Waals surface area contributed by atoms with Crippen LogP contribution in [-0.4, -0.2) is 32.8 Å². The first kappa shape index (κ1) is 17.8. The van der Waals surface area contributed by atoms with E-state index in [1.807, 2.05) is 0 Å². The summed E-state index contributed by atoms with van der Waals surface area (Å²) in [5.74, 6) is -0.0937. The molecule has 2 aromatic rings. The molecule has 136 valence electrons. The predicted molar refractivity (Wildman–Crippen MR) is 93.7 cm³/mol. The van der Waals surface area contributed by atoms with Crippen LogP contribution < -0.4 is 14.2 Å². The van der Waals surface area contributed by atoms with Gasteiger partial charge in [-0.15, -0.1) is 0 Å². The van der Waals surface area contributed by atoms with Gasteiger partial charge >= 0.3 is 5.97 Å². The lowest BCUT2D eigenvalue weighted by Gasteiger charge is -2.22. The van der Waals surface area contributed by atoms with Crippen molar-refractivity contribution in [2.24, 2.45) is 0 Å². The zero-order valence-electron chi connectivity index (χ0n) is 14.6. The van der Waals surface area contributed by atoms with E-state index in [2.05, 4.69) is 0 Å². The molecule has 0 bridgehead atoms. The van der Waals surface area contributed by atoms with Gasteiger partial charge in [0, 0.05) is 0 Å². The van der Waals surface area contributed by atoms with Gasteiger partial charge in [-0.25, -0.2) is 0 Å². The molecule has 2 unspecified atom stereocenters.